The molecule has 2 heterocycles. The highest BCUT2D eigenvalue weighted by atomic mass is 35.5. The van der Waals surface area contributed by atoms with Gasteiger partial charge in [-0.05, 0) is 36.8 Å². The predicted molar refractivity (Wildman–Crippen MR) is 91.3 cm³/mol. The lowest BCUT2D eigenvalue weighted by Gasteiger charge is -2.00. The second-order valence-electron chi connectivity index (χ2n) is 5.22. The van der Waals surface area contributed by atoms with Crippen molar-refractivity contribution in [3.05, 3.63) is 58.9 Å². The van der Waals surface area contributed by atoms with Crippen molar-refractivity contribution >= 4 is 34.7 Å². The lowest BCUT2D eigenvalue weighted by Crippen LogP contribution is -2.04. The van der Waals surface area contributed by atoms with Gasteiger partial charge in [-0.1, -0.05) is 23.7 Å². The molecule has 0 saturated heterocycles. The molecule has 0 N–H and O–H groups in total. The first kappa shape index (κ1) is 16.1. The maximum absolute atomic E-state index is 11.6. The predicted octanol–water partition coefficient (Wildman–Crippen LogP) is 4.43. The van der Waals surface area contributed by atoms with Gasteiger partial charge in [0, 0.05) is 6.20 Å². The minimum Gasteiger partial charge on any atom is -0.469 e. The molecule has 0 unspecified atom stereocenters. The van der Waals surface area contributed by atoms with E-state index in [0.717, 1.165) is 5.56 Å². The second kappa shape index (κ2) is 6.80. The molecule has 0 atom stereocenters. The number of hydrogen-bond donors (Lipinski definition) is 0. The lowest BCUT2D eigenvalue weighted by molar-refractivity contribution is -0.139. The van der Waals surface area contributed by atoms with E-state index in [4.69, 9.17) is 16.3 Å². The summed E-state index contributed by atoms with van der Waals surface area (Å²) in [4.78, 5) is 16.1. The van der Waals surface area contributed by atoms with E-state index >= 15 is 0 Å². The number of fused-ring (bicyclic) bond motifs is 1. The van der Waals surface area contributed by atoms with Crippen molar-refractivity contribution in [1.82, 2.24) is 9.38 Å². The largest absolute Gasteiger partial charge is 0.469 e. The highest BCUT2D eigenvalue weighted by Gasteiger charge is 2.16. The average molecular weight is 343 g/mol. The number of aromatic nitrogens is 2. The van der Waals surface area contributed by atoms with Gasteiger partial charge in [0.1, 0.15) is 11.3 Å². The summed E-state index contributed by atoms with van der Waals surface area (Å²) in [5.74, 6) is 0.0969. The highest BCUT2D eigenvalue weighted by molar-refractivity contribution is 6.32. The smallest absolute Gasteiger partial charge is 0.311 e. The fraction of sp³-hybridized carbons (Fsp3) is 0.176. The van der Waals surface area contributed by atoms with Crippen LogP contribution in [0.15, 0.2) is 52.8 Å². The van der Waals surface area contributed by atoms with Crippen LogP contribution in [-0.4, -0.2) is 22.5 Å². The van der Waals surface area contributed by atoms with Crippen LogP contribution in [0.2, 0.25) is 5.02 Å². The van der Waals surface area contributed by atoms with Gasteiger partial charge in [0.05, 0.1) is 24.2 Å². The number of hydrogen-bond acceptors (Lipinski definition) is 5. The maximum Gasteiger partial charge on any atom is 0.311 e. The van der Waals surface area contributed by atoms with Crippen molar-refractivity contribution < 1.29 is 9.53 Å². The SMILES string of the molecule is COC(=O)Cc1nc2cc(C)ccn2c1N=Nc1ccccc1Cl. The van der Waals surface area contributed by atoms with E-state index in [2.05, 4.69) is 15.2 Å². The zero-order valence-corrected chi connectivity index (χ0v) is 14.0. The number of carbonyl (C=O) groups is 1. The van der Waals surface area contributed by atoms with Gasteiger partial charge in [0.2, 0.25) is 0 Å². The molecule has 122 valence electrons. The van der Waals surface area contributed by atoms with Crippen LogP contribution in [0.25, 0.3) is 5.65 Å². The Balaban J connectivity index is 2.08. The Morgan fingerprint density at radius 3 is 2.83 bits per heavy atom. The molecule has 0 radical (unpaired) electrons. The van der Waals surface area contributed by atoms with Crippen molar-refractivity contribution in [3.63, 3.8) is 0 Å². The first-order valence-electron chi connectivity index (χ1n) is 7.29. The molecule has 1 aromatic carbocycles. The molecule has 0 aliphatic rings. The molecular weight excluding hydrogens is 328 g/mol. The molecule has 0 spiro atoms. The van der Waals surface area contributed by atoms with Gasteiger partial charge >= 0.3 is 5.97 Å². The van der Waals surface area contributed by atoms with Gasteiger partial charge in [-0.25, -0.2) is 4.98 Å². The van der Waals surface area contributed by atoms with Crippen LogP contribution >= 0.6 is 11.6 Å². The topological polar surface area (TPSA) is 68.3 Å². The fourth-order valence-corrected chi connectivity index (χ4v) is 2.42. The number of benzene rings is 1. The molecule has 0 amide bonds. The van der Waals surface area contributed by atoms with E-state index in [1.54, 1.807) is 16.5 Å². The summed E-state index contributed by atoms with van der Waals surface area (Å²) in [6.07, 6.45) is 1.87. The van der Waals surface area contributed by atoms with Crippen LogP contribution in [0.1, 0.15) is 11.3 Å². The summed E-state index contributed by atoms with van der Waals surface area (Å²) in [6, 6.07) is 11.0. The number of pyridine rings is 1. The summed E-state index contributed by atoms with van der Waals surface area (Å²) in [6.45, 7) is 1.97. The molecular formula is C17H15ClN4O2. The van der Waals surface area contributed by atoms with Crippen LogP contribution in [0, 0.1) is 6.92 Å². The molecule has 0 saturated carbocycles. The normalized spacial score (nSPS) is 11.3. The van der Waals surface area contributed by atoms with Gasteiger partial charge in [0.15, 0.2) is 5.82 Å². The molecule has 24 heavy (non-hydrogen) atoms. The number of esters is 1. The Labute approximate surface area is 143 Å². The summed E-state index contributed by atoms with van der Waals surface area (Å²) < 4.78 is 6.51. The Morgan fingerprint density at radius 2 is 2.08 bits per heavy atom. The van der Waals surface area contributed by atoms with Gasteiger partial charge in [-0.3, -0.25) is 9.20 Å². The molecule has 3 rings (SSSR count). The van der Waals surface area contributed by atoms with Gasteiger partial charge in [-0.15, -0.1) is 10.2 Å². The van der Waals surface area contributed by atoms with Crippen molar-refractivity contribution in [1.29, 1.82) is 0 Å². The van der Waals surface area contributed by atoms with E-state index in [1.807, 2.05) is 37.4 Å². The molecule has 0 fully saturated rings. The number of aryl methyl sites for hydroxylation is 1. The van der Waals surface area contributed by atoms with E-state index in [0.29, 0.717) is 27.9 Å². The lowest BCUT2D eigenvalue weighted by atomic mass is 10.3. The quantitative estimate of drug-likeness (QED) is 0.520. The van der Waals surface area contributed by atoms with Gasteiger partial charge in [0.25, 0.3) is 0 Å². The number of methoxy groups -OCH3 is 1. The van der Waals surface area contributed by atoms with E-state index in [-0.39, 0.29) is 12.4 Å². The van der Waals surface area contributed by atoms with Crippen molar-refractivity contribution in [2.75, 3.05) is 7.11 Å². The fourth-order valence-electron chi connectivity index (χ4n) is 2.25. The first-order valence-corrected chi connectivity index (χ1v) is 7.67. The zero-order valence-electron chi connectivity index (χ0n) is 13.2. The number of rotatable bonds is 4. The maximum atomic E-state index is 11.6. The number of ether oxygens (including phenoxy) is 1. The number of azo groups is 1. The monoisotopic (exact) mass is 342 g/mol. The molecule has 7 heteroatoms. The number of carbonyl (C=O) groups excluding carboxylic acids is 1. The number of nitrogens with zero attached hydrogens (tertiary/aromatic N) is 4. The van der Waals surface area contributed by atoms with Crippen LogP contribution in [0.4, 0.5) is 11.5 Å². The second-order valence-corrected chi connectivity index (χ2v) is 5.63. The van der Waals surface area contributed by atoms with Crippen LogP contribution in [-0.2, 0) is 16.0 Å². The summed E-state index contributed by atoms with van der Waals surface area (Å²) in [5.41, 5.74) is 2.81. The number of imidazole rings is 1. The molecule has 0 aliphatic heterocycles. The minimum absolute atomic E-state index is 0.0219. The average Bonchev–Trinajstić information content (AvgIpc) is 2.90. The van der Waals surface area contributed by atoms with Crippen LogP contribution in [0.3, 0.4) is 0 Å². The Bertz CT molecular complexity index is 933. The Hall–Kier alpha value is -2.73. The van der Waals surface area contributed by atoms with Crippen molar-refractivity contribution in [2.24, 2.45) is 10.2 Å². The Morgan fingerprint density at radius 1 is 1.29 bits per heavy atom. The van der Waals surface area contributed by atoms with E-state index < -0.39 is 0 Å². The third-order valence-corrected chi connectivity index (χ3v) is 3.79. The molecule has 0 bridgehead atoms. The van der Waals surface area contributed by atoms with Crippen LogP contribution < -0.4 is 0 Å². The van der Waals surface area contributed by atoms with Crippen LogP contribution in [0.5, 0.6) is 0 Å². The highest BCUT2D eigenvalue weighted by Crippen LogP contribution is 2.28. The summed E-state index contributed by atoms with van der Waals surface area (Å²) >= 11 is 6.10. The zero-order chi connectivity index (χ0) is 17.1. The van der Waals surface area contributed by atoms with Gasteiger partial charge in [-0.2, -0.15) is 0 Å². The summed E-state index contributed by atoms with van der Waals surface area (Å²) in [7, 11) is 1.34. The molecule has 3 aromatic rings. The summed E-state index contributed by atoms with van der Waals surface area (Å²) in [5, 5.41) is 8.97. The standard InChI is InChI=1S/C17H15ClN4O2/c1-11-7-8-22-15(9-11)19-14(10-16(23)24-2)17(22)21-20-13-6-4-3-5-12(13)18/h3-9H,10H2,1-2H3. The van der Waals surface area contributed by atoms with E-state index in [9.17, 15) is 4.79 Å². The first-order chi connectivity index (χ1) is 11.6. The molecule has 2 aromatic heterocycles. The van der Waals surface area contributed by atoms with Gasteiger partial charge < -0.3 is 4.74 Å². The van der Waals surface area contributed by atoms with Crippen molar-refractivity contribution in [2.45, 2.75) is 13.3 Å². The van der Waals surface area contributed by atoms with Crippen molar-refractivity contribution in [3.8, 4) is 0 Å². The molecule has 6 nitrogen and oxygen atoms in total. The molecule has 0 aliphatic carbocycles. The Kier molecular flexibility index (Phi) is 4.57. The minimum atomic E-state index is -0.385. The third-order valence-electron chi connectivity index (χ3n) is 3.47. The third kappa shape index (κ3) is 3.28. The van der Waals surface area contributed by atoms with E-state index in [1.165, 1.54) is 7.11 Å². The number of halogens is 1.